The minimum atomic E-state index is 0.115. The van der Waals surface area contributed by atoms with E-state index in [-0.39, 0.29) is 11.9 Å². The van der Waals surface area contributed by atoms with E-state index in [1.165, 1.54) is 5.69 Å². The zero-order valence-electron chi connectivity index (χ0n) is 17.8. The van der Waals surface area contributed by atoms with Crippen molar-refractivity contribution in [1.29, 1.82) is 0 Å². The quantitative estimate of drug-likeness (QED) is 0.642. The third-order valence-electron chi connectivity index (χ3n) is 5.83. The number of carbonyl (C=O) groups excluding carboxylic acids is 1. The Morgan fingerprint density at radius 1 is 0.967 bits per heavy atom. The standard InChI is InChI=1S/C25H30N4O/c1-29(2)23-17-24(28-22-11-7-6-10-21(22)23)26-19-12-14-20(15-13-19)27-25(30)16-18-8-4-3-5-9-18/h3-11,17,19-20H,12-16H2,1-2H3,(H,26,28)(H,27,30). The summed E-state index contributed by atoms with van der Waals surface area (Å²) >= 11 is 0. The molecular formula is C25H30N4O. The number of nitrogens with one attached hydrogen (secondary N) is 2. The summed E-state index contributed by atoms with van der Waals surface area (Å²) in [5.41, 5.74) is 3.24. The Kier molecular flexibility index (Phi) is 6.17. The maximum Gasteiger partial charge on any atom is 0.224 e. The van der Waals surface area contributed by atoms with E-state index in [2.05, 4.69) is 53.9 Å². The van der Waals surface area contributed by atoms with Gasteiger partial charge in [-0.3, -0.25) is 4.79 Å². The van der Waals surface area contributed by atoms with E-state index in [0.29, 0.717) is 12.5 Å². The molecule has 1 heterocycles. The number of fused-ring (bicyclic) bond motifs is 1. The Balaban J connectivity index is 1.33. The van der Waals surface area contributed by atoms with Crippen LogP contribution in [0.4, 0.5) is 11.5 Å². The van der Waals surface area contributed by atoms with Crippen LogP contribution in [0.1, 0.15) is 31.2 Å². The van der Waals surface area contributed by atoms with Crippen molar-refractivity contribution in [3.63, 3.8) is 0 Å². The van der Waals surface area contributed by atoms with Crippen molar-refractivity contribution in [1.82, 2.24) is 10.3 Å². The fourth-order valence-corrected chi connectivity index (χ4v) is 4.25. The number of benzene rings is 2. The average Bonchev–Trinajstić information content (AvgIpc) is 2.75. The van der Waals surface area contributed by atoms with E-state index < -0.39 is 0 Å². The third-order valence-corrected chi connectivity index (χ3v) is 5.83. The predicted molar refractivity (Wildman–Crippen MR) is 124 cm³/mol. The molecule has 5 heteroatoms. The van der Waals surface area contributed by atoms with Gasteiger partial charge in [0, 0.05) is 43.3 Å². The second kappa shape index (κ2) is 9.16. The average molecular weight is 403 g/mol. The number of amides is 1. The van der Waals surface area contributed by atoms with Crippen LogP contribution in [0, 0.1) is 0 Å². The molecule has 0 radical (unpaired) electrons. The van der Waals surface area contributed by atoms with Gasteiger partial charge >= 0.3 is 0 Å². The summed E-state index contributed by atoms with van der Waals surface area (Å²) in [4.78, 5) is 19.3. The zero-order chi connectivity index (χ0) is 20.9. The Morgan fingerprint density at radius 3 is 2.37 bits per heavy atom. The van der Waals surface area contributed by atoms with E-state index in [4.69, 9.17) is 4.98 Å². The van der Waals surface area contributed by atoms with Crippen LogP contribution in [0.5, 0.6) is 0 Å². The third kappa shape index (κ3) is 4.90. The van der Waals surface area contributed by atoms with Gasteiger partial charge in [-0.2, -0.15) is 0 Å². The molecule has 3 aromatic rings. The lowest BCUT2D eigenvalue weighted by atomic mass is 9.91. The maximum absolute atomic E-state index is 12.3. The molecule has 0 bridgehead atoms. The highest BCUT2D eigenvalue weighted by atomic mass is 16.1. The number of hydrogen-bond acceptors (Lipinski definition) is 4. The van der Waals surface area contributed by atoms with Crippen molar-refractivity contribution in [2.24, 2.45) is 0 Å². The second-order valence-corrected chi connectivity index (χ2v) is 8.36. The molecule has 156 valence electrons. The number of rotatable bonds is 6. The van der Waals surface area contributed by atoms with Crippen molar-refractivity contribution >= 4 is 28.3 Å². The summed E-state index contributed by atoms with van der Waals surface area (Å²) in [6, 6.07) is 21.0. The molecule has 0 spiro atoms. The van der Waals surface area contributed by atoms with Gasteiger partial charge in [-0.1, -0.05) is 48.5 Å². The normalized spacial score (nSPS) is 18.7. The predicted octanol–water partition coefficient (Wildman–Crippen LogP) is 4.38. The summed E-state index contributed by atoms with van der Waals surface area (Å²) in [5, 5.41) is 8.01. The molecule has 0 aliphatic heterocycles. The van der Waals surface area contributed by atoms with Crippen molar-refractivity contribution in [2.75, 3.05) is 24.3 Å². The smallest absolute Gasteiger partial charge is 0.224 e. The highest BCUT2D eigenvalue weighted by Gasteiger charge is 2.23. The first-order valence-corrected chi connectivity index (χ1v) is 10.8. The summed E-state index contributed by atoms with van der Waals surface area (Å²) < 4.78 is 0. The van der Waals surface area contributed by atoms with Crippen LogP contribution in [0.2, 0.25) is 0 Å². The van der Waals surface area contributed by atoms with Gasteiger partial charge in [-0.05, 0) is 37.3 Å². The van der Waals surface area contributed by atoms with Crippen molar-refractivity contribution in [3.8, 4) is 0 Å². The van der Waals surface area contributed by atoms with Crippen LogP contribution in [0.15, 0.2) is 60.7 Å². The van der Waals surface area contributed by atoms with Gasteiger partial charge in [-0.15, -0.1) is 0 Å². The summed E-state index contributed by atoms with van der Waals surface area (Å²) in [6.45, 7) is 0. The SMILES string of the molecule is CN(C)c1cc(NC2CCC(NC(=O)Cc3ccccc3)CC2)nc2ccccc12. The van der Waals surface area contributed by atoms with Crippen LogP contribution in [0.25, 0.3) is 10.9 Å². The molecule has 1 aliphatic carbocycles. The highest BCUT2D eigenvalue weighted by Crippen LogP contribution is 2.29. The summed E-state index contributed by atoms with van der Waals surface area (Å²) in [7, 11) is 4.13. The van der Waals surface area contributed by atoms with Crippen LogP contribution < -0.4 is 15.5 Å². The molecule has 0 unspecified atom stereocenters. The number of carbonyl (C=O) groups is 1. The van der Waals surface area contributed by atoms with E-state index in [0.717, 1.165) is 48.0 Å². The highest BCUT2D eigenvalue weighted by molar-refractivity contribution is 5.93. The van der Waals surface area contributed by atoms with Crippen LogP contribution in [-0.4, -0.2) is 37.1 Å². The lowest BCUT2D eigenvalue weighted by Crippen LogP contribution is -2.40. The number of nitrogens with zero attached hydrogens (tertiary/aromatic N) is 2. The molecule has 30 heavy (non-hydrogen) atoms. The lowest BCUT2D eigenvalue weighted by molar-refractivity contribution is -0.121. The fourth-order valence-electron chi connectivity index (χ4n) is 4.25. The minimum absolute atomic E-state index is 0.115. The molecule has 1 aromatic heterocycles. The molecular weight excluding hydrogens is 372 g/mol. The molecule has 4 rings (SSSR count). The summed E-state index contributed by atoms with van der Waals surface area (Å²) in [5.74, 6) is 1.04. The van der Waals surface area contributed by atoms with Gasteiger partial charge < -0.3 is 15.5 Å². The zero-order valence-corrected chi connectivity index (χ0v) is 17.8. The lowest BCUT2D eigenvalue weighted by Gasteiger charge is -2.30. The topological polar surface area (TPSA) is 57.3 Å². The minimum Gasteiger partial charge on any atom is -0.377 e. The van der Waals surface area contributed by atoms with E-state index in [9.17, 15) is 4.79 Å². The number of hydrogen-bond donors (Lipinski definition) is 2. The monoisotopic (exact) mass is 402 g/mol. The van der Waals surface area contributed by atoms with E-state index in [1.54, 1.807) is 0 Å². The molecule has 1 saturated carbocycles. The molecule has 1 amide bonds. The number of pyridine rings is 1. The first-order chi connectivity index (χ1) is 14.6. The Labute approximate surface area is 178 Å². The van der Waals surface area contributed by atoms with Gasteiger partial charge in [0.05, 0.1) is 11.9 Å². The van der Waals surface area contributed by atoms with Gasteiger partial charge in [0.2, 0.25) is 5.91 Å². The van der Waals surface area contributed by atoms with E-state index in [1.807, 2.05) is 36.4 Å². The largest absolute Gasteiger partial charge is 0.377 e. The molecule has 0 saturated heterocycles. The van der Waals surface area contributed by atoms with Gasteiger partial charge in [0.15, 0.2) is 0 Å². The van der Waals surface area contributed by atoms with Crippen molar-refractivity contribution in [2.45, 2.75) is 44.2 Å². The fraction of sp³-hybridized carbons (Fsp3) is 0.360. The van der Waals surface area contributed by atoms with Gasteiger partial charge in [0.1, 0.15) is 5.82 Å². The number of para-hydroxylation sites is 1. The van der Waals surface area contributed by atoms with Crippen LogP contribution in [0.3, 0.4) is 0 Å². The molecule has 5 nitrogen and oxygen atoms in total. The summed E-state index contributed by atoms with van der Waals surface area (Å²) in [6.07, 6.45) is 4.50. The number of aromatic nitrogens is 1. The maximum atomic E-state index is 12.3. The molecule has 1 fully saturated rings. The first kappa shape index (κ1) is 20.2. The molecule has 2 aromatic carbocycles. The van der Waals surface area contributed by atoms with Crippen LogP contribution in [-0.2, 0) is 11.2 Å². The molecule has 0 atom stereocenters. The van der Waals surface area contributed by atoms with Crippen molar-refractivity contribution in [3.05, 3.63) is 66.2 Å². The number of anilines is 2. The first-order valence-electron chi connectivity index (χ1n) is 10.8. The van der Waals surface area contributed by atoms with E-state index >= 15 is 0 Å². The Morgan fingerprint density at radius 2 is 1.63 bits per heavy atom. The molecule has 2 N–H and O–H groups in total. The Hall–Kier alpha value is -3.08. The van der Waals surface area contributed by atoms with Crippen molar-refractivity contribution < 1.29 is 4.79 Å². The second-order valence-electron chi connectivity index (χ2n) is 8.36. The van der Waals surface area contributed by atoms with Crippen LogP contribution >= 0.6 is 0 Å². The van der Waals surface area contributed by atoms with Gasteiger partial charge in [-0.25, -0.2) is 4.98 Å². The Bertz CT molecular complexity index is 994. The van der Waals surface area contributed by atoms with Gasteiger partial charge in [0.25, 0.3) is 0 Å². The molecule has 1 aliphatic rings.